The Balaban J connectivity index is 1.78. The molecule has 0 bridgehead atoms. The van der Waals surface area contributed by atoms with Gasteiger partial charge < -0.3 is 20.7 Å². The van der Waals surface area contributed by atoms with Crippen LogP contribution in [-0.4, -0.2) is 55.1 Å². The first kappa shape index (κ1) is 13.3. The quantitative estimate of drug-likeness (QED) is 0.691. The van der Waals surface area contributed by atoms with E-state index in [2.05, 4.69) is 5.32 Å². The van der Waals surface area contributed by atoms with E-state index in [4.69, 9.17) is 10.5 Å². The molecule has 6 nitrogen and oxygen atoms in total. The van der Waals surface area contributed by atoms with Crippen LogP contribution in [0, 0.1) is 0 Å². The molecule has 0 aromatic heterocycles. The second-order valence-corrected chi connectivity index (χ2v) is 4.91. The van der Waals surface area contributed by atoms with Crippen molar-refractivity contribution in [3.05, 3.63) is 0 Å². The van der Waals surface area contributed by atoms with Gasteiger partial charge in [0.05, 0.1) is 6.10 Å². The van der Waals surface area contributed by atoms with Crippen molar-refractivity contribution in [2.45, 2.75) is 37.8 Å². The number of amides is 2. The zero-order valence-electron chi connectivity index (χ0n) is 10.6. The lowest BCUT2D eigenvalue weighted by atomic mass is 10.1. The van der Waals surface area contributed by atoms with Crippen molar-refractivity contribution in [2.75, 3.05) is 26.2 Å². The fourth-order valence-electron chi connectivity index (χ4n) is 2.60. The van der Waals surface area contributed by atoms with Crippen molar-refractivity contribution in [3.63, 3.8) is 0 Å². The van der Waals surface area contributed by atoms with Crippen LogP contribution in [0.5, 0.6) is 0 Å². The summed E-state index contributed by atoms with van der Waals surface area (Å²) in [7, 11) is 0. The molecule has 2 aliphatic rings. The largest absolute Gasteiger partial charge is 0.368 e. The minimum absolute atomic E-state index is 0.0639. The van der Waals surface area contributed by atoms with E-state index < -0.39 is 11.9 Å². The molecule has 0 aromatic rings. The van der Waals surface area contributed by atoms with Gasteiger partial charge in [0.25, 0.3) is 0 Å². The summed E-state index contributed by atoms with van der Waals surface area (Å²) in [5.41, 5.74) is 5.28. The lowest BCUT2D eigenvalue weighted by Crippen LogP contribution is -2.45. The van der Waals surface area contributed by atoms with Crippen LogP contribution in [0.1, 0.15) is 25.7 Å². The topological polar surface area (TPSA) is 84.7 Å². The first-order valence-corrected chi connectivity index (χ1v) is 6.59. The van der Waals surface area contributed by atoms with Gasteiger partial charge in [0.2, 0.25) is 11.8 Å². The highest BCUT2D eigenvalue weighted by molar-refractivity contribution is 5.87. The van der Waals surface area contributed by atoms with Crippen molar-refractivity contribution in [2.24, 2.45) is 5.73 Å². The summed E-state index contributed by atoms with van der Waals surface area (Å²) in [6, 6.07) is -0.436. The van der Waals surface area contributed by atoms with Gasteiger partial charge >= 0.3 is 0 Å². The maximum atomic E-state index is 12.0. The Bertz CT molecular complexity index is 316. The number of nitrogens with zero attached hydrogens (tertiary/aromatic N) is 1. The zero-order chi connectivity index (χ0) is 13.0. The van der Waals surface area contributed by atoms with Gasteiger partial charge in [0.1, 0.15) is 12.6 Å². The monoisotopic (exact) mass is 255 g/mol. The molecular weight excluding hydrogens is 234 g/mol. The number of carbonyl (C=O) groups excluding carboxylic acids is 2. The molecular formula is C12H21N3O3. The summed E-state index contributed by atoms with van der Waals surface area (Å²) in [5, 5.41) is 3.24. The molecule has 6 heteroatoms. The SMILES string of the molecule is NC(=O)C1CCCN1C(=O)COC1CCNCC1. The maximum absolute atomic E-state index is 12.0. The first-order valence-electron chi connectivity index (χ1n) is 6.59. The molecule has 0 aliphatic carbocycles. The minimum atomic E-state index is -0.436. The van der Waals surface area contributed by atoms with E-state index in [1.807, 2.05) is 0 Å². The number of rotatable bonds is 4. The Morgan fingerprint density at radius 2 is 2.00 bits per heavy atom. The average molecular weight is 255 g/mol. The van der Waals surface area contributed by atoms with E-state index in [0.717, 1.165) is 32.4 Å². The molecule has 0 saturated carbocycles. The van der Waals surface area contributed by atoms with Crippen molar-refractivity contribution in [3.8, 4) is 0 Å². The van der Waals surface area contributed by atoms with E-state index in [1.165, 1.54) is 0 Å². The van der Waals surface area contributed by atoms with Crippen LogP contribution < -0.4 is 11.1 Å². The number of piperidine rings is 1. The summed E-state index contributed by atoms with van der Waals surface area (Å²) < 4.78 is 5.60. The van der Waals surface area contributed by atoms with Crippen molar-refractivity contribution in [1.29, 1.82) is 0 Å². The molecule has 1 unspecified atom stereocenters. The highest BCUT2D eigenvalue weighted by atomic mass is 16.5. The second-order valence-electron chi connectivity index (χ2n) is 4.91. The fourth-order valence-corrected chi connectivity index (χ4v) is 2.60. The van der Waals surface area contributed by atoms with Crippen molar-refractivity contribution < 1.29 is 14.3 Å². The van der Waals surface area contributed by atoms with Crippen LogP contribution >= 0.6 is 0 Å². The molecule has 2 heterocycles. The number of ether oxygens (including phenoxy) is 1. The number of carbonyl (C=O) groups is 2. The van der Waals surface area contributed by atoms with Gasteiger partial charge in [-0.1, -0.05) is 0 Å². The number of hydrogen-bond acceptors (Lipinski definition) is 4. The number of likely N-dealkylation sites (tertiary alicyclic amines) is 1. The third-order valence-electron chi connectivity index (χ3n) is 3.63. The van der Waals surface area contributed by atoms with Gasteiger partial charge in [-0.3, -0.25) is 9.59 Å². The van der Waals surface area contributed by atoms with Gasteiger partial charge in [-0.2, -0.15) is 0 Å². The summed E-state index contributed by atoms with van der Waals surface area (Å²) in [6.45, 7) is 2.55. The smallest absolute Gasteiger partial charge is 0.249 e. The van der Waals surface area contributed by atoms with Gasteiger partial charge in [-0.15, -0.1) is 0 Å². The van der Waals surface area contributed by atoms with E-state index in [-0.39, 0.29) is 18.6 Å². The molecule has 102 valence electrons. The Morgan fingerprint density at radius 3 is 2.67 bits per heavy atom. The molecule has 1 atom stereocenters. The average Bonchev–Trinajstić information content (AvgIpc) is 2.86. The van der Waals surface area contributed by atoms with Gasteiger partial charge in [-0.05, 0) is 38.8 Å². The van der Waals surface area contributed by atoms with Crippen molar-refractivity contribution in [1.82, 2.24) is 10.2 Å². The van der Waals surface area contributed by atoms with Crippen LogP contribution in [-0.2, 0) is 14.3 Å². The van der Waals surface area contributed by atoms with Crippen LogP contribution in [0.25, 0.3) is 0 Å². The Morgan fingerprint density at radius 1 is 1.28 bits per heavy atom. The number of nitrogens with one attached hydrogen (secondary N) is 1. The summed E-state index contributed by atoms with van der Waals surface area (Å²) in [6.07, 6.45) is 3.55. The maximum Gasteiger partial charge on any atom is 0.249 e. The summed E-state index contributed by atoms with van der Waals surface area (Å²) in [5.74, 6) is -0.530. The first-order chi connectivity index (χ1) is 8.68. The molecule has 0 aromatic carbocycles. The Hall–Kier alpha value is -1.14. The number of hydrogen-bond donors (Lipinski definition) is 2. The molecule has 2 rings (SSSR count). The lowest BCUT2D eigenvalue weighted by Gasteiger charge is -2.26. The highest BCUT2D eigenvalue weighted by Gasteiger charge is 2.32. The van der Waals surface area contributed by atoms with E-state index >= 15 is 0 Å². The molecule has 18 heavy (non-hydrogen) atoms. The standard InChI is InChI=1S/C12H21N3O3/c13-12(17)10-2-1-7-15(10)11(16)8-18-9-3-5-14-6-4-9/h9-10,14H,1-8H2,(H2,13,17). The molecule has 0 radical (unpaired) electrons. The van der Waals surface area contributed by atoms with E-state index in [1.54, 1.807) is 4.90 Å². The summed E-state index contributed by atoms with van der Waals surface area (Å²) >= 11 is 0. The summed E-state index contributed by atoms with van der Waals surface area (Å²) in [4.78, 5) is 24.7. The minimum Gasteiger partial charge on any atom is -0.368 e. The fraction of sp³-hybridized carbons (Fsp3) is 0.833. The number of primary amides is 1. The Kier molecular flexibility index (Phi) is 4.54. The molecule has 2 saturated heterocycles. The molecule has 2 amide bonds. The van der Waals surface area contributed by atoms with Gasteiger partial charge in [0.15, 0.2) is 0 Å². The van der Waals surface area contributed by atoms with E-state index in [0.29, 0.717) is 13.0 Å². The zero-order valence-corrected chi connectivity index (χ0v) is 10.6. The van der Waals surface area contributed by atoms with E-state index in [9.17, 15) is 9.59 Å². The molecule has 3 N–H and O–H groups in total. The second kappa shape index (κ2) is 6.15. The predicted octanol–water partition coefficient (Wildman–Crippen LogP) is -0.769. The van der Waals surface area contributed by atoms with Gasteiger partial charge in [0, 0.05) is 6.54 Å². The highest BCUT2D eigenvalue weighted by Crippen LogP contribution is 2.17. The normalized spacial score (nSPS) is 25.3. The van der Waals surface area contributed by atoms with Crippen LogP contribution in [0.15, 0.2) is 0 Å². The predicted molar refractivity (Wildman–Crippen MR) is 65.8 cm³/mol. The van der Waals surface area contributed by atoms with Crippen LogP contribution in [0.3, 0.4) is 0 Å². The van der Waals surface area contributed by atoms with Crippen LogP contribution in [0.4, 0.5) is 0 Å². The third-order valence-corrected chi connectivity index (χ3v) is 3.63. The third kappa shape index (κ3) is 3.20. The Labute approximate surface area is 107 Å². The molecule has 2 aliphatic heterocycles. The lowest BCUT2D eigenvalue weighted by molar-refractivity contribution is -0.143. The number of nitrogens with two attached hydrogens (primary N) is 1. The van der Waals surface area contributed by atoms with Crippen molar-refractivity contribution >= 4 is 11.8 Å². The molecule has 0 spiro atoms. The molecule has 2 fully saturated rings. The van der Waals surface area contributed by atoms with Gasteiger partial charge in [-0.25, -0.2) is 0 Å². The van der Waals surface area contributed by atoms with Crippen LogP contribution in [0.2, 0.25) is 0 Å².